The highest BCUT2D eigenvalue weighted by Gasteiger charge is 2.15. The van der Waals surface area contributed by atoms with E-state index >= 15 is 0 Å². The van der Waals surface area contributed by atoms with Gasteiger partial charge in [0.1, 0.15) is 12.4 Å². The van der Waals surface area contributed by atoms with Crippen molar-refractivity contribution in [3.05, 3.63) is 46.2 Å². The highest BCUT2D eigenvalue weighted by Crippen LogP contribution is 2.28. The number of halogens is 1. The summed E-state index contributed by atoms with van der Waals surface area (Å²) in [4.78, 5) is 0. The number of aromatic nitrogens is 2. The van der Waals surface area contributed by atoms with Crippen molar-refractivity contribution in [1.29, 1.82) is 0 Å². The van der Waals surface area contributed by atoms with Gasteiger partial charge in [0.15, 0.2) is 0 Å². The summed E-state index contributed by atoms with van der Waals surface area (Å²) in [5, 5.41) is 5.09. The lowest BCUT2D eigenvalue weighted by Gasteiger charge is -2.15. The van der Waals surface area contributed by atoms with Gasteiger partial charge in [0.2, 0.25) is 0 Å². The molecule has 4 nitrogen and oxygen atoms in total. The van der Waals surface area contributed by atoms with Gasteiger partial charge in [0.05, 0.1) is 16.4 Å². The smallest absolute Gasteiger partial charge is 0.131 e. The Balaban J connectivity index is 2.19. The number of ether oxygens (including phenoxy) is 1. The fourth-order valence-electron chi connectivity index (χ4n) is 2.26. The molecule has 21 heavy (non-hydrogen) atoms. The highest BCUT2D eigenvalue weighted by molar-refractivity contribution is 6.31. The minimum absolute atomic E-state index is 0.0191. The lowest BCUT2D eigenvalue weighted by atomic mass is 10.0. The molecule has 2 aromatic rings. The standard InChI is InChI=1S/C16H22ClN3O/c1-4-12(18)11-8-6-7-9-15(11)21-10-14-16(17)13(5-2)19-20(14)3/h6-9,12H,4-5,10,18H2,1-3H3/t12-/m1/s1. The van der Waals surface area contributed by atoms with Crippen LogP contribution in [0.15, 0.2) is 24.3 Å². The van der Waals surface area contributed by atoms with Crippen LogP contribution in [0.2, 0.25) is 5.02 Å². The zero-order chi connectivity index (χ0) is 15.4. The molecular weight excluding hydrogens is 286 g/mol. The molecule has 0 fully saturated rings. The molecular formula is C16H22ClN3O. The number of nitrogens with zero attached hydrogens (tertiary/aromatic N) is 2. The summed E-state index contributed by atoms with van der Waals surface area (Å²) in [6.07, 6.45) is 1.68. The number of hydrogen-bond acceptors (Lipinski definition) is 3. The van der Waals surface area contributed by atoms with E-state index in [1.165, 1.54) is 0 Å². The third-order valence-corrected chi connectivity index (χ3v) is 4.06. The van der Waals surface area contributed by atoms with Gasteiger partial charge in [0, 0.05) is 18.7 Å². The molecule has 5 heteroatoms. The fourth-order valence-corrected chi connectivity index (χ4v) is 2.61. The van der Waals surface area contributed by atoms with E-state index in [9.17, 15) is 0 Å². The van der Waals surface area contributed by atoms with Crippen molar-refractivity contribution in [2.45, 2.75) is 39.3 Å². The molecule has 2 N–H and O–H groups in total. The van der Waals surface area contributed by atoms with Gasteiger partial charge in [-0.15, -0.1) is 0 Å². The first kappa shape index (κ1) is 15.9. The van der Waals surface area contributed by atoms with Gasteiger partial charge < -0.3 is 10.5 Å². The van der Waals surface area contributed by atoms with Crippen molar-refractivity contribution in [1.82, 2.24) is 9.78 Å². The molecule has 0 aliphatic rings. The van der Waals surface area contributed by atoms with Crippen molar-refractivity contribution in [3.8, 4) is 5.75 Å². The Kier molecular flexibility index (Phi) is 5.26. The lowest BCUT2D eigenvalue weighted by molar-refractivity contribution is 0.290. The van der Waals surface area contributed by atoms with Crippen molar-refractivity contribution in [2.75, 3.05) is 0 Å². The SMILES string of the molecule is CCc1nn(C)c(COc2ccccc2[C@H](N)CC)c1Cl. The highest BCUT2D eigenvalue weighted by atomic mass is 35.5. The maximum absolute atomic E-state index is 6.34. The lowest BCUT2D eigenvalue weighted by Crippen LogP contribution is -2.11. The molecule has 0 amide bonds. The zero-order valence-electron chi connectivity index (χ0n) is 12.8. The molecule has 1 atom stereocenters. The quantitative estimate of drug-likeness (QED) is 0.886. The van der Waals surface area contributed by atoms with Gasteiger partial charge in [-0.2, -0.15) is 5.10 Å². The van der Waals surface area contributed by atoms with Crippen molar-refractivity contribution in [2.24, 2.45) is 12.8 Å². The Morgan fingerprint density at radius 1 is 1.33 bits per heavy atom. The van der Waals surface area contributed by atoms with Crippen LogP contribution in [0, 0.1) is 0 Å². The minimum atomic E-state index is -0.0191. The van der Waals surface area contributed by atoms with Crippen LogP contribution in [0.4, 0.5) is 0 Å². The molecule has 114 valence electrons. The van der Waals surface area contributed by atoms with Gasteiger partial charge in [-0.3, -0.25) is 4.68 Å². The van der Waals surface area contributed by atoms with Crippen LogP contribution in [0.3, 0.4) is 0 Å². The summed E-state index contributed by atoms with van der Waals surface area (Å²) in [5.41, 5.74) is 8.93. The molecule has 0 bridgehead atoms. The summed E-state index contributed by atoms with van der Waals surface area (Å²) >= 11 is 6.34. The van der Waals surface area contributed by atoms with Crippen LogP contribution in [0.25, 0.3) is 0 Å². The largest absolute Gasteiger partial charge is 0.487 e. The van der Waals surface area contributed by atoms with Crippen LogP contribution >= 0.6 is 11.6 Å². The van der Waals surface area contributed by atoms with Gasteiger partial charge in [-0.1, -0.05) is 43.6 Å². The van der Waals surface area contributed by atoms with Gasteiger partial charge in [-0.05, 0) is 18.9 Å². The summed E-state index contributed by atoms with van der Waals surface area (Å²) < 4.78 is 7.72. The van der Waals surface area contributed by atoms with Gasteiger partial charge in [-0.25, -0.2) is 0 Å². The van der Waals surface area contributed by atoms with E-state index in [1.54, 1.807) is 4.68 Å². The first-order valence-electron chi connectivity index (χ1n) is 7.26. The normalized spacial score (nSPS) is 12.4. The first-order chi connectivity index (χ1) is 10.1. The Labute approximate surface area is 130 Å². The second-order valence-corrected chi connectivity index (χ2v) is 5.40. The van der Waals surface area contributed by atoms with Crippen molar-refractivity contribution in [3.63, 3.8) is 0 Å². The first-order valence-corrected chi connectivity index (χ1v) is 7.63. The molecule has 1 aromatic carbocycles. The third-order valence-electron chi connectivity index (χ3n) is 3.63. The number of nitrogens with two attached hydrogens (primary N) is 1. The van der Waals surface area contributed by atoms with Gasteiger partial charge in [0.25, 0.3) is 0 Å². The molecule has 2 rings (SSSR count). The number of benzene rings is 1. The van der Waals surface area contributed by atoms with Crippen LogP contribution in [0.5, 0.6) is 5.75 Å². The summed E-state index contributed by atoms with van der Waals surface area (Å²) in [6.45, 7) is 4.48. The number of hydrogen-bond donors (Lipinski definition) is 1. The summed E-state index contributed by atoms with van der Waals surface area (Å²) in [7, 11) is 1.88. The Bertz CT molecular complexity index is 610. The van der Waals surface area contributed by atoms with Crippen molar-refractivity contribution >= 4 is 11.6 Å². The molecule has 1 aromatic heterocycles. The minimum Gasteiger partial charge on any atom is -0.487 e. The van der Waals surface area contributed by atoms with E-state index < -0.39 is 0 Å². The van der Waals surface area contributed by atoms with Gasteiger partial charge >= 0.3 is 0 Å². The second-order valence-electron chi connectivity index (χ2n) is 5.03. The maximum Gasteiger partial charge on any atom is 0.131 e. The third kappa shape index (κ3) is 3.39. The zero-order valence-corrected chi connectivity index (χ0v) is 13.5. The molecule has 0 spiro atoms. The van der Waals surface area contributed by atoms with Crippen molar-refractivity contribution < 1.29 is 4.74 Å². The molecule has 0 saturated heterocycles. The Morgan fingerprint density at radius 2 is 2.05 bits per heavy atom. The van der Waals surface area contributed by atoms with E-state index in [4.69, 9.17) is 22.1 Å². The second kappa shape index (κ2) is 6.96. The number of rotatable bonds is 6. The maximum atomic E-state index is 6.34. The summed E-state index contributed by atoms with van der Waals surface area (Å²) in [5.74, 6) is 0.808. The average Bonchev–Trinajstić information content (AvgIpc) is 2.79. The Hall–Kier alpha value is -1.52. The molecule has 0 unspecified atom stereocenters. The number of aryl methyl sites for hydroxylation is 2. The van der Waals surface area contributed by atoms with E-state index in [0.29, 0.717) is 11.6 Å². The monoisotopic (exact) mass is 307 g/mol. The topological polar surface area (TPSA) is 53.1 Å². The Morgan fingerprint density at radius 3 is 2.67 bits per heavy atom. The molecule has 0 radical (unpaired) electrons. The van der Waals surface area contributed by atoms with Crippen LogP contribution in [0.1, 0.15) is 43.3 Å². The molecule has 1 heterocycles. The fraction of sp³-hybridized carbons (Fsp3) is 0.438. The average molecular weight is 308 g/mol. The van der Waals surface area contributed by atoms with E-state index in [2.05, 4.69) is 12.0 Å². The summed E-state index contributed by atoms with van der Waals surface area (Å²) in [6, 6.07) is 7.85. The molecule has 0 aliphatic carbocycles. The molecule has 0 aliphatic heterocycles. The molecule has 0 saturated carbocycles. The van der Waals surface area contributed by atoms with E-state index in [-0.39, 0.29) is 6.04 Å². The van der Waals surface area contributed by atoms with E-state index in [1.807, 2.05) is 38.2 Å². The van der Waals surface area contributed by atoms with Crippen LogP contribution in [-0.2, 0) is 20.1 Å². The number of para-hydroxylation sites is 1. The predicted molar refractivity (Wildman–Crippen MR) is 85.6 cm³/mol. The van der Waals surface area contributed by atoms with Crippen LogP contribution in [-0.4, -0.2) is 9.78 Å². The van der Waals surface area contributed by atoms with E-state index in [0.717, 1.165) is 35.5 Å². The van der Waals surface area contributed by atoms with Crippen LogP contribution < -0.4 is 10.5 Å². The predicted octanol–water partition coefficient (Wildman–Crippen LogP) is 3.62.